The third-order valence-electron chi connectivity index (χ3n) is 3.11. The summed E-state index contributed by atoms with van der Waals surface area (Å²) < 4.78 is 5.46. The highest BCUT2D eigenvalue weighted by Gasteiger charge is 2.24. The number of allylic oxidation sites excluding steroid dienone is 5. The van der Waals surface area contributed by atoms with Gasteiger partial charge in [-0.3, -0.25) is 9.59 Å². The number of rotatable bonds is 4. The maximum absolute atomic E-state index is 12.0. The first kappa shape index (κ1) is 15.3. The molecule has 4 heteroatoms. The van der Waals surface area contributed by atoms with Gasteiger partial charge in [-0.15, -0.1) is 12.6 Å². The molecule has 0 bridgehead atoms. The molecular weight excluding hydrogens is 284 g/mol. The van der Waals surface area contributed by atoms with Crippen molar-refractivity contribution < 1.29 is 14.3 Å². The maximum Gasteiger partial charge on any atom is 0.170 e. The van der Waals surface area contributed by atoms with E-state index in [2.05, 4.69) is 12.6 Å². The highest BCUT2D eigenvalue weighted by Crippen LogP contribution is 2.35. The molecule has 0 radical (unpaired) electrons. The Kier molecular flexibility index (Phi) is 5.17. The first-order chi connectivity index (χ1) is 10.2. The Morgan fingerprint density at radius 3 is 2.71 bits per heavy atom. The molecule has 0 spiro atoms. The smallest absolute Gasteiger partial charge is 0.170 e. The van der Waals surface area contributed by atoms with E-state index in [0.717, 1.165) is 5.56 Å². The van der Waals surface area contributed by atoms with Crippen molar-refractivity contribution in [3.63, 3.8) is 0 Å². The van der Waals surface area contributed by atoms with Gasteiger partial charge in [-0.25, -0.2) is 0 Å². The van der Waals surface area contributed by atoms with E-state index in [1.165, 1.54) is 0 Å². The van der Waals surface area contributed by atoms with E-state index >= 15 is 0 Å². The van der Waals surface area contributed by atoms with E-state index in [0.29, 0.717) is 41.1 Å². The SMILES string of the molecule is CC=CC=CC=Cc1cc2c(c(C=O)c1S)OCCC2=O. The van der Waals surface area contributed by atoms with Crippen LogP contribution >= 0.6 is 12.6 Å². The largest absolute Gasteiger partial charge is 0.492 e. The van der Waals surface area contributed by atoms with Crippen molar-refractivity contribution in [2.24, 2.45) is 0 Å². The number of hydrogen-bond acceptors (Lipinski definition) is 4. The summed E-state index contributed by atoms with van der Waals surface area (Å²) in [6.07, 6.45) is 12.3. The summed E-state index contributed by atoms with van der Waals surface area (Å²) in [5.74, 6) is 0.347. The Morgan fingerprint density at radius 2 is 2.00 bits per heavy atom. The predicted octanol–water partition coefficient (Wildman–Crippen LogP) is 3.90. The number of hydrogen-bond donors (Lipinski definition) is 1. The number of thiol groups is 1. The highest BCUT2D eigenvalue weighted by molar-refractivity contribution is 7.80. The van der Waals surface area contributed by atoms with Gasteiger partial charge in [0.15, 0.2) is 12.1 Å². The van der Waals surface area contributed by atoms with Crippen LogP contribution in [0, 0.1) is 0 Å². The predicted molar refractivity (Wildman–Crippen MR) is 86.5 cm³/mol. The topological polar surface area (TPSA) is 43.4 Å². The molecular formula is C17H16O3S. The average Bonchev–Trinajstić information content (AvgIpc) is 2.48. The Balaban J connectivity index is 2.45. The van der Waals surface area contributed by atoms with Crippen LogP contribution in [0.25, 0.3) is 6.08 Å². The summed E-state index contributed by atoms with van der Waals surface area (Å²) in [7, 11) is 0. The molecule has 0 fully saturated rings. The van der Waals surface area contributed by atoms with Crippen molar-refractivity contribution in [3.05, 3.63) is 53.1 Å². The molecule has 2 rings (SSSR count). The van der Waals surface area contributed by atoms with E-state index in [1.807, 2.05) is 43.4 Å². The number of fused-ring (bicyclic) bond motifs is 1. The molecule has 1 aromatic carbocycles. The van der Waals surface area contributed by atoms with Gasteiger partial charge in [0.1, 0.15) is 5.75 Å². The lowest BCUT2D eigenvalue weighted by Gasteiger charge is -2.20. The molecule has 3 nitrogen and oxygen atoms in total. The van der Waals surface area contributed by atoms with Gasteiger partial charge in [-0.2, -0.15) is 0 Å². The molecule has 21 heavy (non-hydrogen) atoms. The first-order valence-electron chi connectivity index (χ1n) is 6.66. The quantitative estimate of drug-likeness (QED) is 0.521. The van der Waals surface area contributed by atoms with Crippen LogP contribution in [0.3, 0.4) is 0 Å². The Morgan fingerprint density at radius 1 is 1.24 bits per heavy atom. The minimum absolute atomic E-state index is 0.00760. The van der Waals surface area contributed by atoms with Gasteiger partial charge in [-0.05, 0) is 18.6 Å². The zero-order valence-electron chi connectivity index (χ0n) is 11.7. The zero-order chi connectivity index (χ0) is 15.2. The fourth-order valence-corrected chi connectivity index (χ4v) is 2.37. The third kappa shape index (κ3) is 3.34. The fraction of sp³-hybridized carbons (Fsp3) is 0.176. The molecule has 0 unspecified atom stereocenters. The summed E-state index contributed by atoms with van der Waals surface area (Å²) in [6, 6.07) is 1.73. The van der Waals surface area contributed by atoms with Crippen molar-refractivity contribution in [3.8, 4) is 5.75 Å². The summed E-state index contributed by atoms with van der Waals surface area (Å²) in [5, 5.41) is 0. The molecule has 1 aliphatic heterocycles. The lowest BCUT2D eigenvalue weighted by molar-refractivity contribution is 0.0932. The third-order valence-corrected chi connectivity index (χ3v) is 3.61. The van der Waals surface area contributed by atoms with E-state index in [9.17, 15) is 9.59 Å². The van der Waals surface area contributed by atoms with Crippen LogP contribution in [0.4, 0.5) is 0 Å². The molecule has 1 aromatic rings. The average molecular weight is 300 g/mol. The molecule has 1 aliphatic rings. The lowest BCUT2D eigenvalue weighted by atomic mass is 9.98. The second-order valence-corrected chi connectivity index (χ2v) is 4.96. The minimum atomic E-state index is -0.00760. The molecule has 0 N–H and O–H groups in total. The Bertz CT molecular complexity index is 654. The van der Waals surface area contributed by atoms with E-state index in [1.54, 1.807) is 6.07 Å². The van der Waals surface area contributed by atoms with Gasteiger partial charge < -0.3 is 4.74 Å². The number of Topliss-reactive ketones (excluding diaryl/α,β-unsaturated/α-hetero) is 1. The van der Waals surface area contributed by atoms with Crippen LogP contribution in [-0.2, 0) is 0 Å². The summed E-state index contributed by atoms with van der Waals surface area (Å²) in [6.45, 7) is 2.24. The van der Waals surface area contributed by atoms with E-state index in [-0.39, 0.29) is 5.78 Å². The van der Waals surface area contributed by atoms with Gasteiger partial charge >= 0.3 is 0 Å². The fourth-order valence-electron chi connectivity index (χ4n) is 2.08. The first-order valence-corrected chi connectivity index (χ1v) is 7.11. The van der Waals surface area contributed by atoms with Crippen molar-refractivity contribution in [2.45, 2.75) is 18.2 Å². The molecule has 0 amide bonds. The van der Waals surface area contributed by atoms with Gasteiger partial charge in [0.2, 0.25) is 0 Å². The molecule has 1 heterocycles. The van der Waals surface area contributed by atoms with Crippen molar-refractivity contribution >= 4 is 30.8 Å². The monoisotopic (exact) mass is 300 g/mol. The highest BCUT2D eigenvalue weighted by atomic mass is 32.1. The maximum atomic E-state index is 12.0. The molecule has 108 valence electrons. The molecule has 0 aromatic heterocycles. The minimum Gasteiger partial charge on any atom is -0.492 e. The number of aldehydes is 1. The van der Waals surface area contributed by atoms with Crippen LogP contribution in [0.5, 0.6) is 5.75 Å². The Hall–Kier alpha value is -2.07. The van der Waals surface area contributed by atoms with Crippen LogP contribution < -0.4 is 4.74 Å². The molecule has 0 saturated carbocycles. The summed E-state index contributed by atoms with van der Waals surface area (Å²) >= 11 is 4.39. The number of carbonyl (C=O) groups is 2. The second kappa shape index (κ2) is 7.09. The van der Waals surface area contributed by atoms with Crippen LogP contribution in [0.15, 0.2) is 41.3 Å². The number of benzene rings is 1. The van der Waals surface area contributed by atoms with E-state index in [4.69, 9.17) is 4.74 Å². The van der Waals surface area contributed by atoms with Crippen LogP contribution in [0.2, 0.25) is 0 Å². The van der Waals surface area contributed by atoms with Gasteiger partial charge in [0.25, 0.3) is 0 Å². The van der Waals surface area contributed by atoms with Crippen molar-refractivity contribution in [1.29, 1.82) is 0 Å². The van der Waals surface area contributed by atoms with Gasteiger partial charge in [-0.1, -0.05) is 36.5 Å². The zero-order valence-corrected chi connectivity index (χ0v) is 12.6. The van der Waals surface area contributed by atoms with E-state index < -0.39 is 0 Å². The molecule has 0 aliphatic carbocycles. The van der Waals surface area contributed by atoms with Crippen LogP contribution in [0.1, 0.15) is 39.6 Å². The molecule has 0 saturated heterocycles. The van der Waals surface area contributed by atoms with Crippen LogP contribution in [-0.4, -0.2) is 18.7 Å². The second-order valence-electron chi connectivity index (χ2n) is 4.51. The van der Waals surface area contributed by atoms with Crippen molar-refractivity contribution in [1.82, 2.24) is 0 Å². The summed E-state index contributed by atoms with van der Waals surface area (Å²) in [4.78, 5) is 23.8. The number of ether oxygens (including phenoxy) is 1. The number of ketones is 1. The standard InChI is InChI=1S/C17H16O3S/c1-2-3-4-5-6-7-12-10-13-15(19)8-9-20-16(13)14(11-18)17(12)21/h2-7,10-11,21H,8-9H2,1H3. The lowest BCUT2D eigenvalue weighted by Crippen LogP contribution is -2.17. The van der Waals surface area contributed by atoms with Crippen molar-refractivity contribution in [2.75, 3.05) is 6.61 Å². The van der Waals surface area contributed by atoms with Gasteiger partial charge in [0.05, 0.1) is 17.7 Å². The van der Waals surface area contributed by atoms with Gasteiger partial charge in [0, 0.05) is 11.3 Å². The number of carbonyl (C=O) groups excluding carboxylic acids is 2. The molecule has 0 atom stereocenters. The normalized spacial score (nSPS) is 14.9. The summed E-state index contributed by atoms with van der Waals surface area (Å²) in [5.41, 5.74) is 1.52. The Labute approximate surface area is 129 Å².